The summed E-state index contributed by atoms with van der Waals surface area (Å²) in [6.45, 7) is 0.296. The van der Waals surface area contributed by atoms with Crippen LogP contribution in [0.15, 0.2) is 0 Å². The molecule has 0 aromatic heterocycles. The molecule has 2 heterocycles. The Labute approximate surface area is 171 Å². The predicted octanol–water partition coefficient (Wildman–Crippen LogP) is -3.21. The topological polar surface area (TPSA) is 220 Å². The van der Waals surface area contributed by atoms with Crippen LogP contribution in [0.4, 0.5) is 0 Å². The molecular formula is C14H26O15S. The molecule has 0 radical (unpaired) electrons. The maximum absolute atomic E-state index is 11.1. The van der Waals surface area contributed by atoms with Gasteiger partial charge in [0, 0.05) is 13.0 Å². The molecule has 30 heavy (non-hydrogen) atoms. The molecule has 2 saturated heterocycles. The van der Waals surface area contributed by atoms with Gasteiger partial charge in [-0.15, -0.1) is 0 Å². The van der Waals surface area contributed by atoms with Crippen LogP contribution in [0.5, 0.6) is 0 Å². The number of aliphatic hydroxyl groups is 4. The van der Waals surface area contributed by atoms with E-state index in [0.717, 1.165) is 7.11 Å². The van der Waals surface area contributed by atoms with Crippen molar-refractivity contribution >= 4 is 10.4 Å². The molecule has 178 valence electrons. The van der Waals surface area contributed by atoms with E-state index in [1.54, 1.807) is 0 Å². The Balaban J connectivity index is 2.27. The molecule has 15 nitrogen and oxygen atoms in total. The van der Waals surface area contributed by atoms with Gasteiger partial charge in [-0.05, 0) is 0 Å². The second-order valence-corrected chi connectivity index (χ2v) is 7.83. The van der Waals surface area contributed by atoms with Gasteiger partial charge in [-0.1, -0.05) is 12.0 Å². The standard InChI is InChI=1S/C14H26O15S/c1-5-8(16)6(3-15)25-13(9(5)17)27-11-7(4-24-29-19)26-14(23-2)12(10(11)18)28-30(20,21)22/h5-19H,3-4H2,1-2H3,(H,20,21,22)/t5-,6?,7?,8+,9?,10-,11-,12?,13-,14+/m0/s1. The third-order valence-electron chi connectivity index (χ3n) is 4.88. The fourth-order valence-corrected chi connectivity index (χ4v) is 3.75. The molecule has 0 aromatic carbocycles. The van der Waals surface area contributed by atoms with Gasteiger partial charge in [-0.25, -0.2) is 14.3 Å². The number of hydrogen-bond acceptors (Lipinski definition) is 14. The largest absolute Gasteiger partial charge is 0.397 e. The Morgan fingerprint density at radius 2 is 1.60 bits per heavy atom. The Bertz CT molecular complexity index is 629. The van der Waals surface area contributed by atoms with E-state index in [0.29, 0.717) is 0 Å². The lowest BCUT2D eigenvalue weighted by atomic mass is 9.90. The van der Waals surface area contributed by atoms with Crippen LogP contribution in [0.25, 0.3) is 0 Å². The van der Waals surface area contributed by atoms with E-state index in [-0.39, 0.29) is 0 Å². The monoisotopic (exact) mass is 466 g/mol. The van der Waals surface area contributed by atoms with Crippen molar-refractivity contribution in [3.05, 3.63) is 0 Å². The maximum Gasteiger partial charge on any atom is 0.397 e. The minimum atomic E-state index is -5.05. The molecule has 2 fully saturated rings. The van der Waals surface area contributed by atoms with Crippen LogP contribution in [0, 0.1) is 5.92 Å². The Morgan fingerprint density at radius 3 is 2.13 bits per heavy atom. The van der Waals surface area contributed by atoms with Gasteiger partial charge in [-0.3, -0.25) is 4.55 Å². The highest BCUT2D eigenvalue weighted by atomic mass is 32.3. The van der Waals surface area contributed by atoms with Crippen LogP contribution >= 0.6 is 0 Å². The molecule has 2 aliphatic heterocycles. The summed E-state index contributed by atoms with van der Waals surface area (Å²) >= 11 is 0. The van der Waals surface area contributed by atoms with E-state index >= 15 is 0 Å². The van der Waals surface area contributed by atoms with Gasteiger partial charge in [0.05, 0.1) is 12.7 Å². The highest BCUT2D eigenvalue weighted by molar-refractivity contribution is 7.80. The van der Waals surface area contributed by atoms with E-state index in [9.17, 15) is 28.8 Å². The fourth-order valence-electron chi connectivity index (χ4n) is 3.27. The summed E-state index contributed by atoms with van der Waals surface area (Å²) in [7, 11) is -3.95. The smallest absolute Gasteiger partial charge is 0.394 e. The van der Waals surface area contributed by atoms with Crippen molar-refractivity contribution in [3.63, 3.8) is 0 Å². The lowest BCUT2D eigenvalue weighted by Crippen LogP contribution is -2.64. The Morgan fingerprint density at radius 1 is 0.967 bits per heavy atom. The quantitative estimate of drug-likeness (QED) is 0.112. The van der Waals surface area contributed by atoms with Crippen molar-refractivity contribution in [1.82, 2.24) is 0 Å². The first-order valence-electron chi connectivity index (χ1n) is 8.77. The molecule has 16 heteroatoms. The fraction of sp³-hybridized carbons (Fsp3) is 1.00. The molecule has 4 unspecified atom stereocenters. The van der Waals surface area contributed by atoms with E-state index in [2.05, 4.69) is 14.1 Å². The lowest BCUT2D eigenvalue weighted by Gasteiger charge is -2.46. The summed E-state index contributed by atoms with van der Waals surface area (Å²) in [6, 6.07) is 0. The van der Waals surface area contributed by atoms with Gasteiger partial charge < -0.3 is 39.4 Å². The first-order valence-corrected chi connectivity index (χ1v) is 10.1. The first kappa shape index (κ1) is 25.7. The van der Waals surface area contributed by atoms with Crippen LogP contribution in [0.3, 0.4) is 0 Å². The predicted molar refractivity (Wildman–Crippen MR) is 89.6 cm³/mol. The zero-order valence-electron chi connectivity index (χ0n) is 16.0. The maximum atomic E-state index is 11.1. The molecule has 2 aliphatic rings. The molecule has 0 saturated carbocycles. The zero-order chi connectivity index (χ0) is 22.6. The number of ether oxygens (including phenoxy) is 4. The lowest BCUT2D eigenvalue weighted by molar-refractivity contribution is -0.499. The van der Waals surface area contributed by atoms with Gasteiger partial charge in [0.1, 0.15) is 37.1 Å². The second-order valence-electron chi connectivity index (χ2n) is 6.78. The van der Waals surface area contributed by atoms with Crippen molar-refractivity contribution in [2.24, 2.45) is 5.92 Å². The van der Waals surface area contributed by atoms with Gasteiger partial charge in [-0.2, -0.15) is 8.42 Å². The van der Waals surface area contributed by atoms with E-state index in [1.807, 2.05) is 0 Å². The summed E-state index contributed by atoms with van der Waals surface area (Å²) in [4.78, 5) is 4.37. The van der Waals surface area contributed by atoms with Crippen LogP contribution in [-0.4, -0.2) is 114 Å². The van der Waals surface area contributed by atoms with Gasteiger partial charge in [0.15, 0.2) is 18.7 Å². The normalized spacial score (nSPS) is 42.9. The van der Waals surface area contributed by atoms with Gasteiger partial charge in [0.2, 0.25) is 0 Å². The van der Waals surface area contributed by atoms with E-state index < -0.39 is 84.8 Å². The van der Waals surface area contributed by atoms with Gasteiger partial charge >= 0.3 is 10.4 Å². The van der Waals surface area contributed by atoms with Crippen molar-refractivity contribution in [2.75, 3.05) is 20.3 Å². The molecule has 0 bridgehead atoms. The minimum Gasteiger partial charge on any atom is -0.394 e. The number of rotatable bonds is 9. The molecule has 0 spiro atoms. The summed E-state index contributed by atoms with van der Waals surface area (Å²) in [6.07, 6.45) is -13.3. The Hall–Kier alpha value is -0.570. The highest BCUT2D eigenvalue weighted by Crippen LogP contribution is 2.32. The molecular weight excluding hydrogens is 440 g/mol. The molecule has 6 N–H and O–H groups in total. The molecule has 2 rings (SSSR count). The molecule has 0 aromatic rings. The van der Waals surface area contributed by atoms with E-state index in [4.69, 9.17) is 28.8 Å². The Kier molecular flexibility index (Phi) is 9.28. The van der Waals surface area contributed by atoms with Crippen LogP contribution in [-0.2, 0) is 43.5 Å². The van der Waals surface area contributed by atoms with Crippen molar-refractivity contribution in [2.45, 2.75) is 62.2 Å². The number of hydrogen-bond donors (Lipinski definition) is 6. The SMILES string of the molecule is CO[C@@H]1OC(COOO)[C@H](O[C@@H]2OC(CO)[C@H](O)[C@H](C)C2O)[C@H](O)C1OS(=O)(=O)O. The van der Waals surface area contributed by atoms with Gasteiger partial charge in [0.25, 0.3) is 0 Å². The van der Waals surface area contributed by atoms with Crippen molar-refractivity contribution in [1.29, 1.82) is 0 Å². The molecule has 0 amide bonds. The highest BCUT2D eigenvalue weighted by Gasteiger charge is 2.52. The van der Waals surface area contributed by atoms with Crippen LogP contribution in [0.2, 0.25) is 0 Å². The van der Waals surface area contributed by atoms with Crippen LogP contribution < -0.4 is 0 Å². The van der Waals surface area contributed by atoms with Crippen LogP contribution in [0.1, 0.15) is 6.92 Å². The molecule has 10 atom stereocenters. The summed E-state index contributed by atoms with van der Waals surface area (Å²) < 4.78 is 56.9. The summed E-state index contributed by atoms with van der Waals surface area (Å²) in [5.74, 6) is -0.811. The van der Waals surface area contributed by atoms with Crippen molar-refractivity contribution < 1.29 is 71.7 Å². The molecule has 0 aliphatic carbocycles. The number of methoxy groups -OCH3 is 1. The second kappa shape index (κ2) is 10.8. The summed E-state index contributed by atoms with van der Waals surface area (Å²) in [5, 5.41) is 52.3. The minimum absolute atomic E-state index is 0.568. The third kappa shape index (κ3) is 6.02. The summed E-state index contributed by atoms with van der Waals surface area (Å²) in [5.41, 5.74) is 0. The van der Waals surface area contributed by atoms with E-state index in [1.165, 1.54) is 6.92 Å². The third-order valence-corrected chi connectivity index (χ3v) is 5.35. The first-order chi connectivity index (χ1) is 14.0. The average Bonchev–Trinajstić information content (AvgIpc) is 2.69. The average molecular weight is 466 g/mol. The van der Waals surface area contributed by atoms with Crippen molar-refractivity contribution in [3.8, 4) is 0 Å². The number of aliphatic hydroxyl groups excluding tert-OH is 4. The zero-order valence-corrected chi connectivity index (χ0v) is 16.8.